The highest BCUT2D eigenvalue weighted by Gasteiger charge is 2.41. The Bertz CT molecular complexity index is 368. The minimum absolute atomic E-state index is 0.0733. The van der Waals surface area contributed by atoms with Gasteiger partial charge in [-0.25, -0.2) is 0 Å². The van der Waals surface area contributed by atoms with Gasteiger partial charge in [0, 0.05) is 31.6 Å². The van der Waals surface area contributed by atoms with Gasteiger partial charge in [-0.15, -0.1) is 0 Å². The molecule has 0 aromatic rings. The Hall–Kier alpha value is -0.610. The molecule has 0 bridgehead atoms. The van der Waals surface area contributed by atoms with Gasteiger partial charge >= 0.3 is 0 Å². The molecule has 2 fully saturated rings. The molecule has 1 heterocycles. The summed E-state index contributed by atoms with van der Waals surface area (Å²) in [5.74, 6) is 0.905. The molecule has 1 amide bonds. The highest BCUT2D eigenvalue weighted by Crippen LogP contribution is 2.43. The Balaban J connectivity index is 1.71. The van der Waals surface area contributed by atoms with Crippen LogP contribution in [0.25, 0.3) is 0 Å². The van der Waals surface area contributed by atoms with Crippen molar-refractivity contribution in [1.29, 1.82) is 0 Å². The van der Waals surface area contributed by atoms with Gasteiger partial charge in [0.15, 0.2) is 0 Å². The maximum atomic E-state index is 12.7. The Morgan fingerprint density at radius 3 is 2.39 bits per heavy atom. The van der Waals surface area contributed by atoms with E-state index in [-0.39, 0.29) is 5.41 Å². The van der Waals surface area contributed by atoms with Gasteiger partial charge in [0.2, 0.25) is 5.91 Å². The highest BCUT2D eigenvalue weighted by atomic mass is 16.5. The molecule has 4 nitrogen and oxygen atoms in total. The number of morpholine rings is 1. The fourth-order valence-electron chi connectivity index (χ4n) is 4.52. The van der Waals surface area contributed by atoms with E-state index in [9.17, 15) is 4.79 Å². The van der Waals surface area contributed by atoms with Crippen LogP contribution in [0, 0.1) is 11.3 Å². The molecule has 0 spiro atoms. The van der Waals surface area contributed by atoms with E-state index in [0.29, 0.717) is 24.0 Å². The molecule has 1 saturated heterocycles. The fraction of sp³-hybridized carbons (Fsp3) is 0.947. The SMILES string of the molecule is CC(C)CC1(C(=O)NCCCN2C[C@@H](C)O[C@@H](C)C2)CCCC1. The van der Waals surface area contributed by atoms with Crippen molar-refractivity contribution in [3.8, 4) is 0 Å². The van der Waals surface area contributed by atoms with Crippen molar-refractivity contribution < 1.29 is 9.53 Å². The average Bonchev–Trinajstić information content (AvgIpc) is 2.91. The Kier molecular flexibility index (Phi) is 6.90. The second-order valence-corrected chi connectivity index (χ2v) is 8.21. The van der Waals surface area contributed by atoms with Gasteiger partial charge in [-0.1, -0.05) is 26.7 Å². The molecule has 2 rings (SSSR count). The molecule has 1 saturated carbocycles. The Labute approximate surface area is 142 Å². The molecular weight excluding hydrogens is 288 g/mol. The normalized spacial score (nSPS) is 28.2. The number of amides is 1. The van der Waals surface area contributed by atoms with Crippen LogP contribution in [0.1, 0.15) is 66.2 Å². The van der Waals surface area contributed by atoms with Crippen molar-refractivity contribution in [3.63, 3.8) is 0 Å². The zero-order valence-electron chi connectivity index (χ0n) is 15.6. The summed E-state index contributed by atoms with van der Waals surface area (Å²) < 4.78 is 5.77. The maximum absolute atomic E-state index is 12.7. The van der Waals surface area contributed by atoms with Gasteiger partial charge in [-0.3, -0.25) is 9.69 Å². The first kappa shape index (κ1) is 18.7. The summed E-state index contributed by atoms with van der Waals surface area (Å²) in [6, 6.07) is 0. The molecule has 0 aromatic heterocycles. The van der Waals surface area contributed by atoms with Crippen LogP contribution in [0.4, 0.5) is 0 Å². The monoisotopic (exact) mass is 324 g/mol. The van der Waals surface area contributed by atoms with Gasteiger partial charge < -0.3 is 10.1 Å². The van der Waals surface area contributed by atoms with E-state index in [4.69, 9.17) is 4.74 Å². The third-order valence-electron chi connectivity index (χ3n) is 5.27. The Morgan fingerprint density at radius 1 is 1.22 bits per heavy atom. The molecule has 23 heavy (non-hydrogen) atoms. The van der Waals surface area contributed by atoms with E-state index in [1.165, 1.54) is 12.8 Å². The van der Waals surface area contributed by atoms with E-state index in [2.05, 4.69) is 37.9 Å². The van der Waals surface area contributed by atoms with E-state index in [0.717, 1.165) is 51.9 Å². The molecule has 0 radical (unpaired) electrons. The largest absolute Gasteiger partial charge is 0.373 e. The first-order valence-electron chi connectivity index (χ1n) is 9.57. The smallest absolute Gasteiger partial charge is 0.226 e. The number of carbonyl (C=O) groups excluding carboxylic acids is 1. The van der Waals surface area contributed by atoms with Crippen molar-refractivity contribution in [2.24, 2.45) is 11.3 Å². The minimum Gasteiger partial charge on any atom is -0.373 e. The van der Waals surface area contributed by atoms with Gasteiger partial charge in [0.1, 0.15) is 0 Å². The van der Waals surface area contributed by atoms with Gasteiger partial charge in [0.25, 0.3) is 0 Å². The number of rotatable bonds is 7. The molecule has 1 N–H and O–H groups in total. The number of nitrogens with one attached hydrogen (secondary N) is 1. The van der Waals surface area contributed by atoms with E-state index < -0.39 is 0 Å². The molecule has 0 aromatic carbocycles. The zero-order chi connectivity index (χ0) is 16.9. The first-order chi connectivity index (χ1) is 10.9. The standard InChI is InChI=1S/C19H36N2O2/c1-15(2)12-19(8-5-6-9-19)18(22)20-10-7-11-21-13-16(3)23-17(4)14-21/h15-17H,5-14H2,1-4H3,(H,20,22)/t16-,17+. The molecule has 0 unspecified atom stereocenters. The van der Waals surface area contributed by atoms with Gasteiger partial charge in [-0.2, -0.15) is 0 Å². The number of carbonyl (C=O) groups is 1. The summed E-state index contributed by atoms with van der Waals surface area (Å²) >= 11 is 0. The van der Waals surface area contributed by atoms with Crippen molar-refractivity contribution >= 4 is 5.91 Å². The topological polar surface area (TPSA) is 41.6 Å². The summed E-state index contributed by atoms with van der Waals surface area (Å²) in [5, 5.41) is 3.24. The molecular formula is C19H36N2O2. The summed E-state index contributed by atoms with van der Waals surface area (Å²) in [4.78, 5) is 15.2. The van der Waals surface area contributed by atoms with Crippen LogP contribution in [0.15, 0.2) is 0 Å². The third kappa shape index (κ3) is 5.46. The fourth-order valence-corrected chi connectivity index (χ4v) is 4.52. The number of hydrogen-bond donors (Lipinski definition) is 1. The molecule has 2 atom stereocenters. The van der Waals surface area contributed by atoms with E-state index in [1.54, 1.807) is 0 Å². The zero-order valence-corrected chi connectivity index (χ0v) is 15.6. The number of ether oxygens (including phenoxy) is 1. The predicted molar refractivity (Wildman–Crippen MR) is 94.4 cm³/mol. The molecule has 134 valence electrons. The summed E-state index contributed by atoms with van der Waals surface area (Å²) in [6.45, 7) is 12.6. The summed E-state index contributed by atoms with van der Waals surface area (Å²) in [6.07, 6.45) is 7.29. The van der Waals surface area contributed by atoms with Crippen LogP contribution in [-0.2, 0) is 9.53 Å². The lowest BCUT2D eigenvalue weighted by molar-refractivity contribution is -0.131. The van der Waals surface area contributed by atoms with Crippen molar-refractivity contribution in [3.05, 3.63) is 0 Å². The lowest BCUT2D eigenvalue weighted by Crippen LogP contribution is -2.46. The van der Waals surface area contributed by atoms with Crippen LogP contribution >= 0.6 is 0 Å². The minimum atomic E-state index is -0.0733. The van der Waals surface area contributed by atoms with Crippen LogP contribution in [-0.4, -0.2) is 49.2 Å². The molecule has 2 aliphatic rings. The van der Waals surface area contributed by atoms with Crippen LogP contribution in [0.3, 0.4) is 0 Å². The van der Waals surface area contributed by atoms with Crippen molar-refractivity contribution in [2.75, 3.05) is 26.2 Å². The van der Waals surface area contributed by atoms with Crippen molar-refractivity contribution in [2.45, 2.75) is 78.4 Å². The van der Waals surface area contributed by atoms with E-state index >= 15 is 0 Å². The van der Waals surface area contributed by atoms with Crippen LogP contribution in [0.5, 0.6) is 0 Å². The quantitative estimate of drug-likeness (QED) is 0.731. The van der Waals surface area contributed by atoms with Gasteiger partial charge in [0.05, 0.1) is 12.2 Å². The predicted octanol–water partition coefficient (Wildman–Crippen LogP) is 3.21. The second-order valence-electron chi connectivity index (χ2n) is 8.21. The third-order valence-corrected chi connectivity index (χ3v) is 5.27. The second kappa shape index (κ2) is 8.48. The summed E-state index contributed by atoms with van der Waals surface area (Å²) in [7, 11) is 0. The molecule has 4 heteroatoms. The van der Waals surface area contributed by atoms with E-state index in [1.807, 2.05) is 0 Å². The lowest BCUT2D eigenvalue weighted by Gasteiger charge is -2.35. The lowest BCUT2D eigenvalue weighted by atomic mass is 9.77. The highest BCUT2D eigenvalue weighted by molar-refractivity contribution is 5.82. The number of nitrogens with zero attached hydrogens (tertiary/aromatic N) is 1. The first-order valence-corrected chi connectivity index (χ1v) is 9.57. The Morgan fingerprint density at radius 2 is 1.83 bits per heavy atom. The van der Waals surface area contributed by atoms with Crippen LogP contribution in [0.2, 0.25) is 0 Å². The van der Waals surface area contributed by atoms with Gasteiger partial charge in [-0.05, 0) is 45.4 Å². The average molecular weight is 325 g/mol. The van der Waals surface area contributed by atoms with Crippen LogP contribution < -0.4 is 5.32 Å². The maximum Gasteiger partial charge on any atom is 0.226 e. The van der Waals surface area contributed by atoms with Crippen molar-refractivity contribution in [1.82, 2.24) is 10.2 Å². The summed E-state index contributed by atoms with van der Waals surface area (Å²) in [5.41, 5.74) is -0.0733. The molecule has 1 aliphatic carbocycles. The number of hydrogen-bond acceptors (Lipinski definition) is 3. The molecule has 1 aliphatic heterocycles.